The van der Waals surface area contributed by atoms with Crippen molar-refractivity contribution in [3.63, 3.8) is 0 Å². The lowest BCUT2D eigenvalue weighted by Crippen LogP contribution is -2.26. The van der Waals surface area contributed by atoms with Crippen molar-refractivity contribution in [2.24, 2.45) is 0 Å². The van der Waals surface area contributed by atoms with Gasteiger partial charge in [-0.3, -0.25) is 14.9 Å². The predicted molar refractivity (Wildman–Crippen MR) is 118 cm³/mol. The Morgan fingerprint density at radius 2 is 2.03 bits per heavy atom. The highest BCUT2D eigenvalue weighted by Gasteiger charge is 2.18. The molecule has 4 aromatic rings. The van der Waals surface area contributed by atoms with E-state index in [4.69, 9.17) is 16.3 Å². The van der Waals surface area contributed by atoms with Crippen LogP contribution in [0, 0.1) is 6.92 Å². The molecule has 0 fully saturated rings. The summed E-state index contributed by atoms with van der Waals surface area (Å²) in [6.45, 7) is 4.19. The van der Waals surface area contributed by atoms with Crippen LogP contribution in [-0.4, -0.2) is 27.3 Å². The Morgan fingerprint density at radius 3 is 2.80 bits per heavy atom. The van der Waals surface area contributed by atoms with Crippen LogP contribution in [0.1, 0.15) is 23.1 Å². The van der Waals surface area contributed by atoms with Gasteiger partial charge < -0.3 is 4.74 Å². The number of nitrogens with zero attached hydrogens (tertiary/aromatic N) is 3. The standard InChI is InChI=1S/C21H17ClN4O3S/c1-3-29-13-8-9-15-18(11-13)30-21(23-15)24-20(28)19-17(27)10-12(2)26(25-19)16-7-5-4-6-14(16)22/h4-11H,3H2,1-2H3,(H,23,24,28). The summed E-state index contributed by atoms with van der Waals surface area (Å²) in [6.07, 6.45) is 0. The first-order chi connectivity index (χ1) is 14.5. The van der Waals surface area contributed by atoms with E-state index in [9.17, 15) is 9.59 Å². The number of halogens is 1. The second-order valence-corrected chi connectivity index (χ2v) is 7.84. The van der Waals surface area contributed by atoms with Crippen molar-refractivity contribution in [2.75, 3.05) is 11.9 Å². The van der Waals surface area contributed by atoms with Crippen LogP contribution in [0.15, 0.2) is 53.3 Å². The third-order valence-electron chi connectivity index (χ3n) is 4.29. The van der Waals surface area contributed by atoms with Gasteiger partial charge in [-0.2, -0.15) is 5.10 Å². The number of carbonyl (C=O) groups is 1. The molecule has 1 N–H and O–H groups in total. The van der Waals surface area contributed by atoms with Crippen molar-refractivity contribution in [2.45, 2.75) is 13.8 Å². The molecule has 0 bridgehead atoms. The minimum atomic E-state index is -0.634. The van der Waals surface area contributed by atoms with Crippen LogP contribution in [0.4, 0.5) is 5.13 Å². The zero-order valence-electron chi connectivity index (χ0n) is 16.2. The van der Waals surface area contributed by atoms with E-state index < -0.39 is 11.3 Å². The molecule has 4 rings (SSSR count). The number of fused-ring (bicyclic) bond motifs is 1. The van der Waals surface area contributed by atoms with E-state index >= 15 is 0 Å². The van der Waals surface area contributed by atoms with Gasteiger partial charge in [-0.05, 0) is 44.2 Å². The molecular weight excluding hydrogens is 424 g/mol. The van der Waals surface area contributed by atoms with E-state index in [0.717, 1.165) is 16.0 Å². The number of hydrogen-bond donors (Lipinski definition) is 1. The summed E-state index contributed by atoms with van der Waals surface area (Å²) in [6, 6.07) is 13.9. The van der Waals surface area contributed by atoms with Crippen LogP contribution < -0.4 is 15.5 Å². The minimum Gasteiger partial charge on any atom is -0.494 e. The summed E-state index contributed by atoms with van der Waals surface area (Å²) < 4.78 is 7.83. The third-order valence-corrected chi connectivity index (χ3v) is 5.55. The number of anilines is 1. The molecule has 0 saturated carbocycles. The first-order valence-electron chi connectivity index (χ1n) is 9.17. The van der Waals surface area contributed by atoms with E-state index in [1.54, 1.807) is 31.2 Å². The third kappa shape index (κ3) is 3.92. The molecule has 2 aromatic carbocycles. The van der Waals surface area contributed by atoms with Crippen LogP contribution in [0.5, 0.6) is 5.75 Å². The number of ether oxygens (including phenoxy) is 1. The molecule has 1 amide bonds. The maximum absolute atomic E-state index is 12.8. The van der Waals surface area contributed by atoms with Crippen molar-refractivity contribution in [1.29, 1.82) is 0 Å². The average Bonchev–Trinajstić information content (AvgIpc) is 3.10. The van der Waals surface area contributed by atoms with Crippen molar-refractivity contribution in [3.8, 4) is 11.4 Å². The van der Waals surface area contributed by atoms with E-state index in [0.29, 0.717) is 28.1 Å². The lowest BCUT2D eigenvalue weighted by atomic mass is 10.2. The zero-order valence-corrected chi connectivity index (χ0v) is 17.8. The fourth-order valence-corrected chi connectivity index (χ4v) is 4.05. The number of rotatable bonds is 5. The number of hydrogen-bond acceptors (Lipinski definition) is 6. The quantitative estimate of drug-likeness (QED) is 0.495. The maximum atomic E-state index is 12.8. The summed E-state index contributed by atoms with van der Waals surface area (Å²) in [5.74, 6) is 0.0965. The zero-order chi connectivity index (χ0) is 21.3. The molecule has 7 nitrogen and oxygen atoms in total. The largest absolute Gasteiger partial charge is 0.494 e. The number of nitrogens with one attached hydrogen (secondary N) is 1. The second-order valence-electron chi connectivity index (χ2n) is 6.40. The number of para-hydroxylation sites is 1. The Bertz CT molecular complexity index is 1320. The van der Waals surface area contributed by atoms with Gasteiger partial charge in [0.2, 0.25) is 5.43 Å². The van der Waals surface area contributed by atoms with E-state index in [1.165, 1.54) is 22.1 Å². The number of aryl methyl sites for hydroxylation is 1. The van der Waals surface area contributed by atoms with Crippen LogP contribution in [0.25, 0.3) is 15.9 Å². The van der Waals surface area contributed by atoms with E-state index in [2.05, 4.69) is 15.4 Å². The predicted octanol–water partition coefficient (Wildman–Crippen LogP) is 4.46. The maximum Gasteiger partial charge on any atom is 0.281 e. The summed E-state index contributed by atoms with van der Waals surface area (Å²) >= 11 is 7.55. The number of carbonyl (C=O) groups excluding carboxylic acids is 1. The van der Waals surface area contributed by atoms with Gasteiger partial charge in [-0.25, -0.2) is 9.67 Å². The van der Waals surface area contributed by atoms with Crippen LogP contribution in [0.3, 0.4) is 0 Å². The van der Waals surface area contributed by atoms with Gasteiger partial charge in [0, 0.05) is 11.8 Å². The fraction of sp³-hybridized carbons (Fsp3) is 0.143. The molecule has 30 heavy (non-hydrogen) atoms. The number of benzene rings is 2. The molecule has 2 aromatic heterocycles. The molecule has 0 radical (unpaired) electrons. The Hall–Kier alpha value is -3.23. The monoisotopic (exact) mass is 440 g/mol. The SMILES string of the molecule is CCOc1ccc2nc(NC(=O)c3nn(-c4ccccc4Cl)c(C)cc3=O)sc2c1. The molecule has 0 unspecified atom stereocenters. The number of amides is 1. The molecule has 0 aliphatic heterocycles. The molecule has 152 valence electrons. The van der Waals surface area contributed by atoms with Gasteiger partial charge in [0.25, 0.3) is 5.91 Å². The highest BCUT2D eigenvalue weighted by atomic mass is 35.5. The van der Waals surface area contributed by atoms with Crippen LogP contribution in [-0.2, 0) is 0 Å². The Kier molecular flexibility index (Phi) is 5.52. The number of thiazole rings is 1. The fourth-order valence-electron chi connectivity index (χ4n) is 2.94. The van der Waals surface area contributed by atoms with E-state index in [-0.39, 0.29) is 5.69 Å². The van der Waals surface area contributed by atoms with Gasteiger partial charge in [0.15, 0.2) is 10.8 Å². The van der Waals surface area contributed by atoms with Crippen molar-refractivity contribution in [3.05, 3.63) is 75.2 Å². The second kappa shape index (κ2) is 8.25. The molecule has 9 heteroatoms. The normalized spacial score (nSPS) is 10.9. The van der Waals surface area contributed by atoms with Gasteiger partial charge in [0.05, 0.1) is 27.5 Å². The Morgan fingerprint density at radius 1 is 1.23 bits per heavy atom. The topological polar surface area (TPSA) is 86.1 Å². The van der Waals surface area contributed by atoms with Crippen LogP contribution in [0.2, 0.25) is 5.02 Å². The number of aromatic nitrogens is 3. The first-order valence-corrected chi connectivity index (χ1v) is 10.4. The summed E-state index contributed by atoms with van der Waals surface area (Å²) in [4.78, 5) is 29.6. The minimum absolute atomic E-state index is 0.241. The summed E-state index contributed by atoms with van der Waals surface area (Å²) in [5, 5.41) is 7.76. The molecule has 0 aliphatic rings. The Balaban J connectivity index is 1.67. The van der Waals surface area contributed by atoms with Gasteiger partial charge in [-0.15, -0.1) is 0 Å². The Labute approximate surface area is 180 Å². The van der Waals surface area contributed by atoms with Crippen molar-refractivity contribution >= 4 is 44.2 Å². The molecule has 0 saturated heterocycles. The molecule has 0 atom stereocenters. The van der Waals surface area contributed by atoms with Crippen molar-refractivity contribution in [1.82, 2.24) is 14.8 Å². The van der Waals surface area contributed by atoms with Crippen molar-refractivity contribution < 1.29 is 9.53 Å². The molecule has 0 spiro atoms. The van der Waals surface area contributed by atoms with E-state index in [1.807, 2.05) is 25.1 Å². The average molecular weight is 441 g/mol. The highest BCUT2D eigenvalue weighted by Crippen LogP contribution is 2.29. The molecular formula is C21H17ClN4O3S. The molecule has 0 aliphatic carbocycles. The highest BCUT2D eigenvalue weighted by molar-refractivity contribution is 7.22. The summed E-state index contributed by atoms with van der Waals surface area (Å²) in [5.41, 5.74) is 1.15. The first kappa shape index (κ1) is 20.1. The van der Waals surface area contributed by atoms with Crippen LogP contribution >= 0.6 is 22.9 Å². The summed E-state index contributed by atoms with van der Waals surface area (Å²) in [7, 11) is 0. The van der Waals surface area contributed by atoms with Gasteiger partial charge >= 0.3 is 0 Å². The molecule has 2 heterocycles. The lowest BCUT2D eigenvalue weighted by Gasteiger charge is -2.12. The van der Waals surface area contributed by atoms with Gasteiger partial charge in [0.1, 0.15) is 5.75 Å². The smallest absolute Gasteiger partial charge is 0.281 e. The van der Waals surface area contributed by atoms with Gasteiger partial charge in [-0.1, -0.05) is 35.1 Å². The lowest BCUT2D eigenvalue weighted by molar-refractivity contribution is 0.101.